The molecule has 1 aromatic carbocycles. The summed E-state index contributed by atoms with van der Waals surface area (Å²) < 4.78 is 0. The van der Waals surface area contributed by atoms with E-state index < -0.39 is 6.04 Å². The molecule has 0 radical (unpaired) electrons. The zero-order chi connectivity index (χ0) is 19.1. The zero-order valence-corrected chi connectivity index (χ0v) is 17.4. The average Bonchev–Trinajstić information content (AvgIpc) is 3.05. The van der Waals surface area contributed by atoms with E-state index in [1.807, 2.05) is 38.1 Å². The first kappa shape index (κ1) is 21.1. The minimum atomic E-state index is -0.442. The molecule has 144 valence electrons. The van der Waals surface area contributed by atoms with Crippen LogP contribution in [0.5, 0.6) is 0 Å². The van der Waals surface area contributed by atoms with Gasteiger partial charge in [-0.2, -0.15) is 0 Å². The Balaban J connectivity index is 2.12. The van der Waals surface area contributed by atoms with Gasteiger partial charge in [0.15, 0.2) is 0 Å². The number of carbonyl (C=O) groups is 2. The van der Waals surface area contributed by atoms with Gasteiger partial charge in [0.1, 0.15) is 11.4 Å². The SMILES string of the molecule is CCCCCCNC(=O)[C@@H]1CS[C@H](c2ccccc2Cl)N1C(=O)C(C)C. The van der Waals surface area contributed by atoms with Crippen molar-refractivity contribution in [1.29, 1.82) is 0 Å². The molecule has 0 bridgehead atoms. The average molecular weight is 397 g/mol. The van der Waals surface area contributed by atoms with Gasteiger partial charge in [0, 0.05) is 28.8 Å². The molecular weight excluding hydrogens is 368 g/mol. The van der Waals surface area contributed by atoms with Crippen molar-refractivity contribution < 1.29 is 9.59 Å². The predicted molar refractivity (Wildman–Crippen MR) is 109 cm³/mol. The molecule has 0 aromatic heterocycles. The molecule has 1 heterocycles. The number of amides is 2. The monoisotopic (exact) mass is 396 g/mol. The fourth-order valence-electron chi connectivity index (χ4n) is 3.07. The summed E-state index contributed by atoms with van der Waals surface area (Å²) in [6.45, 7) is 6.57. The summed E-state index contributed by atoms with van der Waals surface area (Å²) in [5.74, 6) is 0.358. The number of hydrogen-bond acceptors (Lipinski definition) is 3. The third-order valence-corrected chi connectivity index (χ3v) is 6.20. The van der Waals surface area contributed by atoms with Gasteiger partial charge in [0.05, 0.1) is 0 Å². The second-order valence-corrected chi connectivity index (χ2v) is 8.50. The lowest BCUT2D eigenvalue weighted by Gasteiger charge is -2.31. The fourth-order valence-corrected chi connectivity index (χ4v) is 4.85. The molecule has 6 heteroatoms. The number of hydrogen-bond donors (Lipinski definition) is 1. The molecule has 0 spiro atoms. The van der Waals surface area contributed by atoms with Gasteiger partial charge in [-0.3, -0.25) is 9.59 Å². The number of nitrogens with zero attached hydrogens (tertiary/aromatic N) is 1. The molecule has 2 amide bonds. The van der Waals surface area contributed by atoms with Crippen molar-refractivity contribution in [2.75, 3.05) is 12.3 Å². The second-order valence-electron chi connectivity index (χ2n) is 6.97. The van der Waals surface area contributed by atoms with E-state index in [2.05, 4.69) is 12.2 Å². The van der Waals surface area contributed by atoms with E-state index in [-0.39, 0.29) is 23.1 Å². The van der Waals surface area contributed by atoms with Crippen LogP contribution in [0, 0.1) is 5.92 Å². The summed E-state index contributed by atoms with van der Waals surface area (Å²) in [6.07, 6.45) is 4.45. The summed E-state index contributed by atoms with van der Waals surface area (Å²) in [7, 11) is 0. The molecule has 1 aliphatic heterocycles. The number of halogens is 1. The molecule has 2 rings (SSSR count). The van der Waals surface area contributed by atoms with Crippen LogP contribution in [0.4, 0.5) is 0 Å². The smallest absolute Gasteiger partial charge is 0.243 e. The van der Waals surface area contributed by atoms with Crippen LogP contribution in [-0.2, 0) is 9.59 Å². The Kier molecular flexibility index (Phi) is 8.29. The quantitative estimate of drug-likeness (QED) is 0.651. The van der Waals surface area contributed by atoms with Gasteiger partial charge < -0.3 is 10.2 Å². The van der Waals surface area contributed by atoms with E-state index >= 15 is 0 Å². The van der Waals surface area contributed by atoms with Gasteiger partial charge in [0.25, 0.3) is 0 Å². The highest BCUT2D eigenvalue weighted by molar-refractivity contribution is 7.99. The molecule has 1 aromatic rings. The highest BCUT2D eigenvalue weighted by Crippen LogP contribution is 2.44. The van der Waals surface area contributed by atoms with E-state index in [1.165, 1.54) is 12.8 Å². The maximum absolute atomic E-state index is 12.9. The van der Waals surface area contributed by atoms with Gasteiger partial charge >= 0.3 is 0 Å². The molecule has 0 saturated carbocycles. The van der Waals surface area contributed by atoms with E-state index in [9.17, 15) is 9.59 Å². The standard InChI is InChI=1S/C20H29ClN2O2S/c1-4-5-6-9-12-22-18(24)17-13-26-20(23(17)19(25)14(2)3)15-10-7-8-11-16(15)21/h7-8,10-11,14,17,20H,4-6,9,12-13H2,1-3H3,(H,22,24)/t17-,20+/m0/s1. The molecule has 1 saturated heterocycles. The summed E-state index contributed by atoms with van der Waals surface area (Å²) in [4.78, 5) is 27.3. The minimum absolute atomic E-state index is 0.00828. The van der Waals surface area contributed by atoms with Crippen LogP contribution >= 0.6 is 23.4 Å². The minimum Gasteiger partial charge on any atom is -0.354 e. The largest absolute Gasteiger partial charge is 0.354 e. The van der Waals surface area contributed by atoms with Crippen LogP contribution in [0.25, 0.3) is 0 Å². The Hall–Kier alpha value is -1.20. The third-order valence-electron chi connectivity index (χ3n) is 4.55. The highest BCUT2D eigenvalue weighted by Gasteiger charge is 2.43. The first-order chi connectivity index (χ1) is 12.5. The van der Waals surface area contributed by atoms with Crippen molar-refractivity contribution in [1.82, 2.24) is 10.2 Å². The van der Waals surface area contributed by atoms with Gasteiger partial charge in [-0.1, -0.05) is 69.8 Å². The predicted octanol–water partition coefficient (Wildman–Crippen LogP) is 4.64. The summed E-state index contributed by atoms with van der Waals surface area (Å²) in [5, 5.41) is 3.43. The van der Waals surface area contributed by atoms with Crippen LogP contribution in [0.2, 0.25) is 5.02 Å². The van der Waals surface area contributed by atoms with Gasteiger partial charge in [-0.25, -0.2) is 0 Å². The molecule has 0 aliphatic carbocycles. The van der Waals surface area contributed by atoms with Crippen molar-refractivity contribution in [3.05, 3.63) is 34.9 Å². The van der Waals surface area contributed by atoms with E-state index in [0.29, 0.717) is 17.3 Å². The molecule has 0 unspecified atom stereocenters. The van der Waals surface area contributed by atoms with Crippen LogP contribution in [0.15, 0.2) is 24.3 Å². The summed E-state index contributed by atoms with van der Waals surface area (Å²) in [6, 6.07) is 7.12. The molecule has 1 N–H and O–H groups in total. The Morgan fingerprint density at radius 2 is 2.00 bits per heavy atom. The Bertz CT molecular complexity index is 624. The topological polar surface area (TPSA) is 49.4 Å². The number of benzene rings is 1. The molecule has 4 nitrogen and oxygen atoms in total. The van der Waals surface area contributed by atoms with Crippen LogP contribution in [0.1, 0.15) is 57.4 Å². The van der Waals surface area contributed by atoms with Crippen molar-refractivity contribution in [2.24, 2.45) is 5.92 Å². The Morgan fingerprint density at radius 1 is 1.27 bits per heavy atom. The zero-order valence-electron chi connectivity index (χ0n) is 15.8. The maximum atomic E-state index is 12.9. The van der Waals surface area contributed by atoms with E-state index in [4.69, 9.17) is 11.6 Å². The highest BCUT2D eigenvalue weighted by atomic mass is 35.5. The lowest BCUT2D eigenvalue weighted by molar-refractivity contribution is -0.142. The number of thioether (sulfide) groups is 1. The lowest BCUT2D eigenvalue weighted by Crippen LogP contribution is -2.49. The van der Waals surface area contributed by atoms with E-state index in [0.717, 1.165) is 18.4 Å². The molecule has 1 aliphatic rings. The molecule has 26 heavy (non-hydrogen) atoms. The van der Waals surface area contributed by atoms with Crippen LogP contribution < -0.4 is 5.32 Å². The summed E-state index contributed by atoms with van der Waals surface area (Å²) >= 11 is 7.97. The lowest BCUT2D eigenvalue weighted by atomic mass is 10.1. The maximum Gasteiger partial charge on any atom is 0.243 e. The number of carbonyl (C=O) groups excluding carboxylic acids is 2. The Labute approximate surface area is 166 Å². The van der Waals surface area contributed by atoms with Crippen molar-refractivity contribution in [3.8, 4) is 0 Å². The molecular formula is C20H29ClN2O2S. The number of unbranched alkanes of at least 4 members (excludes halogenated alkanes) is 3. The first-order valence-corrected chi connectivity index (χ1v) is 10.9. The normalized spacial score (nSPS) is 19.8. The van der Waals surface area contributed by atoms with E-state index in [1.54, 1.807) is 16.7 Å². The number of rotatable bonds is 8. The number of nitrogens with one attached hydrogen (secondary N) is 1. The third kappa shape index (κ3) is 5.17. The van der Waals surface area contributed by atoms with Crippen LogP contribution in [-0.4, -0.2) is 35.1 Å². The van der Waals surface area contributed by atoms with Gasteiger partial charge in [0.2, 0.25) is 11.8 Å². The van der Waals surface area contributed by atoms with Crippen LogP contribution in [0.3, 0.4) is 0 Å². The van der Waals surface area contributed by atoms with Crippen molar-refractivity contribution in [2.45, 2.75) is 57.9 Å². The van der Waals surface area contributed by atoms with Gasteiger partial charge in [-0.05, 0) is 12.5 Å². The molecule has 1 fully saturated rings. The van der Waals surface area contributed by atoms with Gasteiger partial charge in [-0.15, -0.1) is 11.8 Å². The molecule has 2 atom stereocenters. The first-order valence-electron chi connectivity index (χ1n) is 9.43. The fraction of sp³-hybridized carbons (Fsp3) is 0.600. The Morgan fingerprint density at radius 3 is 2.65 bits per heavy atom. The summed E-state index contributed by atoms with van der Waals surface area (Å²) in [5.41, 5.74) is 0.895. The van der Waals surface area contributed by atoms with Crippen molar-refractivity contribution in [3.63, 3.8) is 0 Å². The second kappa shape index (κ2) is 10.2. The van der Waals surface area contributed by atoms with Crippen molar-refractivity contribution >= 4 is 35.2 Å².